The van der Waals surface area contributed by atoms with Gasteiger partial charge in [-0.05, 0) is 49.3 Å². The lowest BCUT2D eigenvalue weighted by Gasteiger charge is -2.44. The van der Waals surface area contributed by atoms with Crippen molar-refractivity contribution in [2.24, 2.45) is 10.9 Å². The van der Waals surface area contributed by atoms with Crippen molar-refractivity contribution < 1.29 is 4.79 Å². The number of amides is 1. The van der Waals surface area contributed by atoms with E-state index in [1.807, 2.05) is 7.05 Å². The molecule has 1 aromatic carbocycles. The van der Waals surface area contributed by atoms with E-state index in [9.17, 15) is 4.79 Å². The SMILES string of the molecule is CN=C(NCC1(c2ccc(Br)cc2)CCC1)N1CCC(CC(=O)NC)CC1.I. The molecule has 7 heteroatoms. The van der Waals surface area contributed by atoms with Crippen LogP contribution in [0.5, 0.6) is 0 Å². The Kier molecular flexibility index (Phi) is 9.05. The molecule has 2 N–H and O–H groups in total. The zero-order valence-corrected chi connectivity index (χ0v) is 20.8. The summed E-state index contributed by atoms with van der Waals surface area (Å²) in [6.45, 7) is 2.86. The Bertz CT molecular complexity index is 667. The monoisotopic (exact) mass is 562 g/mol. The van der Waals surface area contributed by atoms with Gasteiger partial charge in [0.05, 0.1) is 0 Å². The van der Waals surface area contributed by atoms with Crippen LogP contribution < -0.4 is 10.6 Å². The lowest BCUT2D eigenvalue weighted by molar-refractivity contribution is -0.121. The maximum Gasteiger partial charge on any atom is 0.220 e. The highest BCUT2D eigenvalue weighted by Crippen LogP contribution is 2.43. The van der Waals surface area contributed by atoms with Gasteiger partial charge in [-0.15, -0.1) is 24.0 Å². The molecule has 3 rings (SSSR count). The molecule has 0 spiro atoms. The lowest BCUT2D eigenvalue weighted by Crippen LogP contribution is -2.51. The number of halogens is 2. The summed E-state index contributed by atoms with van der Waals surface area (Å²) in [7, 11) is 3.58. The molecule has 156 valence electrons. The van der Waals surface area contributed by atoms with E-state index in [0.717, 1.165) is 42.9 Å². The molecule has 1 aliphatic carbocycles. The zero-order valence-electron chi connectivity index (χ0n) is 16.8. The number of carbonyl (C=O) groups is 1. The largest absolute Gasteiger partial charge is 0.359 e. The van der Waals surface area contributed by atoms with Crippen molar-refractivity contribution in [2.75, 3.05) is 33.7 Å². The van der Waals surface area contributed by atoms with E-state index in [1.54, 1.807) is 7.05 Å². The molecule has 0 bridgehead atoms. The molecule has 0 atom stereocenters. The van der Waals surface area contributed by atoms with Crippen molar-refractivity contribution >= 4 is 51.8 Å². The van der Waals surface area contributed by atoms with Gasteiger partial charge in [0.15, 0.2) is 5.96 Å². The molecule has 1 amide bonds. The van der Waals surface area contributed by atoms with Gasteiger partial charge in [0.25, 0.3) is 0 Å². The maximum atomic E-state index is 11.6. The molecule has 1 saturated carbocycles. The summed E-state index contributed by atoms with van der Waals surface area (Å²) in [4.78, 5) is 18.5. The lowest BCUT2D eigenvalue weighted by atomic mass is 9.64. The number of piperidine rings is 1. The van der Waals surface area contributed by atoms with Gasteiger partial charge in [-0.25, -0.2) is 0 Å². The third-order valence-electron chi connectivity index (χ3n) is 6.23. The highest BCUT2D eigenvalue weighted by molar-refractivity contribution is 14.0. The Morgan fingerprint density at radius 2 is 1.89 bits per heavy atom. The molecule has 1 aliphatic heterocycles. The van der Waals surface area contributed by atoms with Gasteiger partial charge in [-0.1, -0.05) is 34.5 Å². The minimum Gasteiger partial charge on any atom is -0.359 e. The highest BCUT2D eigenvalue weighted by atomic mass is 127. The van der Waals surface area contributed by atoms with E-state index in [-0.39, 0.29) is 35.3 Å². The molecule has 0 unspecified atom stereocenters. The summed E-state index contributed by atoms with van der Waals surface area (Å²) in [5.74, 6) is 1.63. The molecule has 2 aliphatic rings. The van der Waals surface area contributed by atoms with E-state index >= 15 is 0 Å². The Morgan fingerprint density at radius 3 is 2.39 bits per heavy atom. The van der Waals surface area contributed by atoms with Crippen LogP contribution >= 0.6 is 39.9 Å². The van der Waals surface area contributed by atoms with Crippen molar-refractivity contribution in [3.05, 3.63) is 34.3 Å². The van der Waals surface area contributed by atoms with Crippen LogP contribution in [0.3, 0.4) is 0 Å². The first-order valence-electron chi connectivity index (χ1n) is 9.98. The number of rotatable bonds is 5. The summed E-state index contributed by atoms with van der Waals surface area (Å²) in [6.07, 6.45) is 6.49. The summed E-state index contributed by atoms with van der Waals surface area (Å²) in [5, 5.41) is 6.38. The third-order valence-corrected chi connectivity index (χ3v) is 6.76. The fourth-order valence-electron chi connectivity index (χ4n) is 4.27. The molecule has 0 aromatic heterocycles. The summed E-state index contributed by atoms with van der Waals surface area (Å²) >= 11 is 3.54. The number of likely N-dealkylation sites (tertiary alicyclic amines) is 1. The van der Waals surface area contributed by atoms with Gasteiger partial charge < -0.3 is 15.5 Å². The topological polar surface area (TPSA) is 56.7 Å². The smallest absolute Gasteiger partial charge is 0.220 e. The van der Waals surface area contributed by atoms with E-state index in [1.165, 1.54) is 24.8 Å². The average Bonchev–Trinajstić information content (AvgIpc) is 2.66. The fraction of sp³-hybridized carbons (Fsp3) is 0.619. The molecule has 1 aromatic rings. The highest BCUT2D eigenvalue weighted by Gasteiger charge is 2.39. The van der Waals surface area contributed by atoms with Crippen molar-refractivity contribution in [1.29, 1.82) is 0 Å². The Labute approximate surface area is 194 Å². The Morgan fingerprint density at radius 1 is 1.25 bits per heavy atom. The second-order valence-corrected chi connectivity index (χ2v) is 8.76. The van der Waals surface area contributed by atoms with Crippen LogP contribution in [0.4, 0.5) is 0 Å². The van der Waals surface area contributed by atoms with Crippen molar-refractivity contribution in [3.8, 4) is 0 Å². The van der Waals surface area contributed by atoms with E-state index < -0.39 is 0 Å². The van der Waals surface area contributed by atoms with Crippen LogP contribution in [0.25, 0.3) is 0 Å². The van der Waals surface area contributed by atoms with Gasteiger partial charge in [0, 0.05) is 50.0 Å². The molecular formula is C21H32BrIN4O. The van der Waals surface area contributed by atoms with Crippen LogP contribution in [-0.2, 0) is 10.2 Å². The average molecular weight is 563 g/mol. The molecule has 28 heavy (non-hydrogen) atoms. The minimum atomic E-state index is 0. The van der Waals surface area contributed by atoms with Gasteiger partial charge in [-0.2, -0.15) is 0 Å². The number of hydrogen-bond donors (Lipinski definition) is 2. The normalized spacial score (nSPS) is 19.4. The first kappa shape index (κ1) is 23.4. The Balaban J connectivity index is 0.00000280. The number of nitrogens with one attached hydrogen (secondary N) is 2. The second kappa shape index (κ2) is 10.8. The van der Waals surface area contributed by atoms with Crippen LogP contribution in [0.2, 0.25) is 0 Å². The van der Waals surface area contributed by atoms with Crippen molar-refractivity contribution in [1.82, 2.24) is 15.5 Å². The maximum absolute atomic E-state index is 11.6. The quantitative estimate of drug-likeness (QED) is 0.325. The van der Waals surface area contributed by atoms with Gasteiger partial charge in [0.1, 0.15) is 0 Å². The number of aliphatic imine (C=N–C) groups is 1. The van der Waals surface area contributed by atoms with Crippen LogP contribution in [0, 0.1) is 5.92 Å². The second-order valence-electron chi connectivity index (χ2n) is 7.85. The summed E-state index contributed by atoms with van der Waals surface area (Å²) in [5.41, 5.74) is 1.65. The van der Waals surface area contributed by atoms with Crippen molar-refractivity contribution in [2.45, 2.75) is 43.9 Å². The number of guanidine groups is 1. The number of benzene rings is 1. The standard InChI is InChI=1S/C21H31BrN4O.HI/c1-23-19(27)14-16-8-12-26(13-9-16)20(24-2)25-15-21(10-3-11-21)17-4-6-18(22)7-5-17;/h4-7,16H,3,8-15H2,1-2H3,(H,23,27)(H,24,25);1H. The molecule has 0 radical (unpaired) electrons. The van der Waals surface area contributed by atoms with Gasteiger partial charge in [0.2, 0.25) is 5.91 Å². The van der Waals surface area contributed by atoms with Gasteiger partial charge >= 0.3 is 0 Å². The molecule has 2 fully saturated rings. The predicted molar refractivity (Wildman–Crippen MR) is 129 cm³/mol. The summed E-state index contributed by atoms with van der Waals surface area (Å²) in [6, 6.07) is 8.78. The first-order chi connectivity index (χ1) is 13.1. The number of nitrogens with zero attached hydrogens (tertiary/aromatic N) is 2. The van der Waals surface area contributed by atoms with Gasteiger partial charge in [-0.3, -0.25) is 9.79 Å². The number of hydrogen-bond acceptors (Lipinski definition) is 2. The zero-order chi connectivity index (χ0) is 19.3. The molecule has 5 nitrogen and oxygen atoms in total. The fourth-order valence-corrected chi connectivity index (χ4v) is 4.53. The molecule has 1 saturated heterocycles. The van der Waals surface area contributed by atoms with E-state index in [2.05, 4.69) is 60.7 Å². The minimum absolute atomic E-state index is 0. The van der Waals surface area contributed by atoms with E-state index in [0.29, 0.717) is 12.3 Å². The summed E-state index contributed by atoms with van der Waals surface area (Å²) < 4.78 is 1.13. The third kappa shape index (κ3) is 5.62. The molecular weight excluding hydrogens is 531 g/mol. The van der Waals surface area contributed by atoms with Crippen molar-refractivity contribution in [3.63, 3.8) is 0 Å². The van der Waals surface area contributed by atoms with Crippen LogP contribution in [0.1, 0.15) is 44.1 Å². The van der Waals surface area contributed by atoms with Crippen LogP contribution in [0.15, 0.2) is 33.7 Å². The number of carbonyl (C=O) groups excluding carboxylic acids is 1. The Hall–Kier alpha value is -0.830. The molecule has 1 heterocycles. The first-order valence-corrected chi connectivity index (χ1v) is 10.8. The van der Waals surface area contributed by atoms with E-state index in [4.69, 9.17) is 0 Å². The predicted octanol–water partition coefficient (Wildman–Crippen LogP) is 3.91. The van der Waals surface area contributed by atoms with Crippen LogP contribution in [-0.4, -0.2) is 50.5 Å².